The molecule has 3 rings (SSSR count). The molecule has 1 saturated heterocycles. The third kappa shape index (κ3) is 4.16. The van der Waals surface area contributed by atoms with E-state index in [2.05, 4.69) is 41.2 Å². The van der Waals surface area contributed by atoms with Gasteiger partial charge in [0.1, 0.15) is 5.75 Å². The first-order valence-corrected chi connectivity index (χ1v) is 9.31. The van der Waals surface area contributed by atoms with Crippen molar-refractivity contribution in [1.29, 1.82) is 0 Å². The molecule has 3 heterocycles. The standard InChI is InChI=1S/C20H27N5O3/c1-20(2,3)16-6-7-17(23-22-16)25-10-13(11-25)9-21-19(27)14-12-24(4)18(26)8-15(14)28-5/h6-8,12-13H,9-11H2,1-5H3,(H,21,27). The zero-order valence-electron chi connectivity index (χ0n) is 17.0. The molecule has 0 atom stereocenters. The van der Waals surface area contributed by atoms with E-state index in [-0.39, 0.29) is 22.6 Å². The van der Waals surface area contributed by atoms with Crippen LogP contribution in [0.15, 0.2) is 29.2 Å². The molecule has 1 aliphatic heterocycles. The normalized spacial score (nSPS) is 14.5. The summed E-state index contributed by atoms with van der Waals surface area (Å²) in [4.78, 5) is 26.3. The van der Waals surface area contributed by atoms with Crippen LogP contribution in [0, 0.1) is 5.92 Å². The SMILES string of the molecule is COc1cc(=O)n(C)cc1C(=O)NCC1CN(c2ccc(C(C)(C)C)nn2)C1. The number of rotatable bonds is 5. The third-order valence-electron chi connectivity index (χ3n) is 4.91. The van der Waals surface area contributed by atoms with Crippen molar-refractivity contribution in [1.82, 2.24) is 20.1 Å². The van der Waals surface area contributed by atoms with Gasteiger partial charge in [-0.05, 0) is 12.1 Å². The smallest absolute Gasteiger partial charge is 0.256 e. The van der Waals surface area contributed by atoms with Gasteiger partial charge in [0.05, 0.1) is 18.4 Å². The molecule has 2 aromatic rings. The van der Waals surface area contributed by atoms with Gasteiger partial charge in [-0.15, -0.1) is 5.10 Å². The third-order valence-corrected chi connectivity index (χ3v) is 4.91. The van der Waals surface area contributed by atoms with Crippen LogP contribution < -0.4 is 20.5 Å². The van der Waals surface area contributed by atoms with Gasteiger partial charge in [0.2, 0.25) is 0 Å². The number of hydrogen-bond acceptors (Lipinski definition) is 6. The number of anilines is 1. The second-order valence-electron chi connectivity index (χ2n) is 8.21. The van der Waals surface area contributed by atoms with Crippen LogP contribution in [0.1, 0.15) is 36.8 Å². The Balaban J connectivity index is 1.54. The molecule has 0 aromatic carbocycles. The molecular weight excluding hydrogens is 358 g/mol. The van der Waals surface area contributed by atoms with E-state index in [0.29, 0.717) is 18.0 Å². The lowest BCUT2D eigenvalue weighted by Crippen LogP contribution is -2.52. The molecule has 0 spiro atoms. The molecule has 8 heteroatoms. The average Bonchev–Trinajstić information content (AvgIpc) is 2.61. The van der Waals surface area contributed by atoms with Crippen LogP contribution in [0.4, 0.5) is 5.82 Å². The van der Waals surface area contributed by atoms with Crippen molar-refractivity contribution in [3.05, 3.63) is 46.0 Å². The highest BCUT2D eigenvalue weighted by molar-refractivity contribution is 5.96. The van der Waals surface area contributed by atoms with E-state index in [0.717, 1.165) is 24.6 Å². The molecule has 0 aliphatic carbocycles. The Bertz CT molecular complexity index is 909. The molecule has 0 radical (unpaired) electrons. The van der Waals surface area contributed by atoms with E-state index in [4.69, 9.17) is 4.74 Å². The fraction of sp³-hybridized carbons (Fsp3) is 0.500. The van der Waals surface area contributed by atoms with Crippen LogP contribution >= 0.6 is 0 Å². The molecule has 0 bridgehead atoms. The molecule has 1 amide bonds. The topological polar surface area (TPSA) is 89.4 Å². The van der Waals surface area contributed by atoms with Crippen molar-refractivity contribution < 1.29 is 9.53 Å². The Morgan fingerprint density at radius 1 is 1.29 bits per heavy atom. The van der Waals surface area contributed by atoms with Crippen molar-refractivity contribution >= 4 is 11.7 Å². The van der Waals surface area contributed by atoms with Crippen LogP contribution in [0.5, 0.6) is 5.75 Å². The van der Waals surface area contributed by atoms with E-state index in [1.165, 1.54) is 23.9 Å². The fourth-order valence-electron chi connectivity index (χ4n) is 3.06. The maximum atomic E-state index is 12.5. The first-order chi connectivity index (χ1) is 13.2. The van der Waals surface area contributed by atoms with E-state index >= 15 is 0 Å². The van der Waals surface area contributed by atoms with Gasteiger partial charge in [0, 0.05) is 50.3 Å². The maximum absolute atomic E-state index is 12.5. The second kappa shape index (κ2) is 7.61. The van der Waals surface area contributed by atoms with Crippen LogP contribution in [0.25, 0.3) is 0 Å². The average molecular weight is 385 g/mol. The number of ether oxygens (including phenoxy) is 1. The van der Waals surface area contributed by atoms with Gasteiger partial charge in [-0.25, -0.2) is 0 Å². The molecule has 2 aromatic heterocycles. The molecule has 1 N–H and O–H groups in total. The number of nitrogens with one attached hydrogen (secondary N) is 1. The van der Waals surface area contributed by atoms with Crippen molar-refractivity contribution in [3.63, 3.8) is 0 Å². The van der Waals surface area contributed by atoms with E-state index in [9.17, 15) is 9.59 Å². The molecule has 8 nitrogen and oxygen atoms in total. The van der Waals surface area contributed by atoms with Gasteiger partial charge in [0.25, 0.3) is 11.5 Å². The molecule has 150 valence electrons. The Morgan fingerprint density at radius 2 is 2.00 bits per heavy atom. The fourth-order valence-corrected chi connectivity index (χ4v) is 3.06. The Hall–Kier alpha value is -2.90. The number of pyridine rings is 1. The van der Waals surface area contributed by atoms with Gasteiger partial charge in [0.15, 0.2) is 5.82 Å². The largest absolute Gasteiger partial charge is 0.496 e. The summed E-state index contributed by atoms with van der Waals surface area (Å²) in [5.41, 5.74) is 1.08. The lowest BCUT2D eigenvalue weighted by Gasteiger charge is -2.40. The van der Waals surface area contributed by atoms with Gasteiger partial charge in [-0.3, -0.25) is 9.59 Å². The number of amides is 1. The van der Waals surface area contributed by atoms with Crippen LogP contribution in [0.2, 0.25) is 0 Å². The number of carbonyl (C=O) groups excluding carboxylic acids is 1. The summed E-state index contributed by atoms with van der Waals surface area (Å²) in [7, 11) is 3.05. The lowest BCUT2D eigenvalue weighted by molar-refractivity contribution is 0.0940. The molecule has 1 fully saturated rings. The minimum Gasteiger partial charge on any atom is -0.496 e. The van der Waals surface area contributed by atoms with E-state index in [1.807, 2.05) is 12.1 Å². The van der Waals surface area contributed by atoms with Crippen molar-refractivity contribution in [2.75, 3.05) is 31.6 Å². The van der Waals surface area contributed by atoms with Crippen LogP contribution in [0.3, 0.4) is 0 Å². The van der Waals surface area contributed by atoms with E-state index in [1.54, 1.807) is 7.05 Å². The van der Waals surface area contributed by atoms with Gasteiger partial charge in [-0.1, -0.05) is 20.8 Å². The number of aromatic nitrogens is 3. The highest BCUT2D eigenvalue weighted by atomic mass is 16.5. The maximum Gasteiger partial charge on any atom is 0.256 e. The summed E-state index contributed by atoms with van der Waals surface area (Å²) in [6, 6.07) is 5.33. The Labute approximate surface area is 164 Å². The highest BCUT2D eigenvalue weighted by Crippen LogP contribution is 2.25. The number of nitrogens with zero attached hydrogens (tertiary/aromatic N) is 4. The molecule has 28 heavy (non-hydrogen) atoms. The zero-order valence-corrected chi connectivity index (χ0v) is 17.0. The summed E-state index contributed by atoms with van der Waals surface area (Å²) in [6.45, 7) is 8.51. The first kappa shape index (κ1) is 19.9. The quantitative estimate of drug-likeness (QED) is 0.836. The zero-order chi connectivity index (χ0) is 20.5. The Morgan fingerprint density at radius 3 is 2.57 bits per heavy atom. The predicted molar refractivity (Wildman–Crippen MR) is 107 cm³/mol. The minimum atomic E-state index is -0.250. The van der Waals surface area contributed by atoms with Crippen molar-refractivity contribution in [3.8, 4) is 5.75 Å². The molecule has 0 saturated carbocycles. The highest BCUT2D eigenvalue weighted by Gasteiger charge is 2.29. The minimum absolute atomic E-state index is 0.0186. The first-order valence-electron chi connectivity index (χ1n) is 9.31. The number of hydrogen-bond donors (Lipinski definition) is 1. The number of methoxy groups -OCH3 is 1. The summed E-state index contributed by atoms with van der Waals surface area (Å²) in [6.07, 6.45) is 1.50. The Kier molecular flexibility index (Phi) is 5.40. The van der Waals surface area contributed by atoms with Gasteiger partial charge in [-0.2, -0.15) is 5.10 Å². The molecular formula is C20H27N5O3. The lowest BCUT2D eigenvalue weighted by atomic mass is 9.92. The molecule has 0 unspecified atom stereocenters. The summed E-state index contributed by atoms with van der Waals surface area (Å²) >= 11 is 0. The van der Waals surface area contributed by atoms with Crippen LogP contribution in [-0.4, -0.2) is 47.4 Å². The summed E-state index contributed by atoms with van der Waals surface area (Å²) < 4.78 is 6.52. The molecule has 1 aliphatic rings. The van der Waals surface area contributed by atoms with Crippen molar-refractivity contribution in [2.45, 2.75) is 26.2 Å². The second-order valence-corrected chi connectivity index (χ2v) is 8.21. The monoisotopic (exact) mass is 385 g/mol. The number of carbonyl (C=O) groups is 1. The van der Waals surface area contributed by atoms with E-state index < -0.39 is 0 Å². The summed E-state index contributed by atoms with van der Waals surface area (Å²) in [5.74, 6) is 1.23. The van der Waals surface area contributed by atoms with Gasteiger partial charge >= 0.3 is 0 Å². The predicted octanol–water partition coefficient (Wildman–Crippen LogP) is 1.35. The van der Waals surface area contributed by atoms with Gasteiger partial charge < -0.3 is 19.5 Å². The van der Waals surface area contributed by atoms with Crippen molar-refractivity contribution in [2.24, 2.45) is 13.0 Å². The van der Waals surface area contributed by atoms with Crippen LogP contribution in [-0.2, 0) is 12.5 Å². The number of aryl methyl sites for hydroxylation is 1. The summed E-state index contributed by atoms with van der Waals surface area (Å²) in [5, 5.41) is 11.6.